The van der Waals surface area contributed by atoms with Gasteiger partial charge in [0.25, 0.3) is 0 Å². The maximum atomic E-state index is 11.3. The Kier molecular flexibility index (Phi) is 4.34. The van der Waals surface area contributed by atoms with Crippen LogP contribution < -0.4 is 15.2 Å². The summed E-state index contributed by atoms with van der Waals surface area (Å²) in [5, 5.41) is 4.50. The molecule has 0 atom stereocenters. The van der Waals surface area contributed by atoms with Crippen molar-refractivity contribution in [3.63, 3.8) is 0 Å². The van der Waals surface area contributed by atoms with Gasteiger partial charge in [-0.15, -0.1) is 11.3 Å². The Balaban J connectivity index is 1.80. The molecule has 1 aliphatic heterocycles. The maximum Gasteiger partial charge on any atom is 0.225 e. The summed E-state index contributed by atoms with van der Waals surface area (Å²) < 4.78 is 13.0. The molecule has 1 amide bonds. The van der Waals surface area contributed by atoms with E-state index >= 15 is 0 Å². The number of ether oxygens (including phenoxy) is 2. The molecule has 0 aliphatic carbocycles. The van der Waals surface area contributed by atoms with E-state index in [0.717, 1.165) is 17.0 Å². The standard InChI is InChI=1S/C18H18N4O3S/c1-2-12-4-6-15(26-12)18-20-17(10-16(19)23)21-22(18)11-3-5-13-14(9-11)25-8-7-24-13/h3-6,9H,2,7-8,10H2,1H3,(H2,19,23). The topological polar surface area (TPSA) is 92.3 Å². The summed E-state index contributed by atoms with van der Waals surface area (Å²) in [6, 6.07) is 9.73. The fraction of sp³-hybridized carbons (Fsp3) is 0.278. The molecule has 0 saturated carbocycles. The summed E-state index contributed by atoms with van der Waals surface area (Å²) in [6.07, 6.45) is 0.952. The van der Waals surface area contributed by atoms with Crippen molar-refractivity contribution < 1.29 is 14.3 Å². The van der Waals surface area contributed by atoms with Crippen LogP contribution in [-0.4, -0.2) is 33.9 Å². The van der Waals surface area contributed by atoms with Crippen LogP contribution in [0, 0.1) is 0 Å². The monoisotopic (exact) mass is 370 g/mol. The van der Waals surface area contributed by atoms with Gasteiger partial charge in [-0.2, -0.15) is 5.10 Å². The van der Waals surface area contributed by atoms with Gasteiger partial charge in [0.2, 0.25) is 5.91 Å². The Morgan fingerprint density at radius 2 is 2.04 bits per heavy atom. The highest BCUT2D eigenvalue weighted by Crippen LogP contribution is 2.34. The second-order valence-electron chi connectivity index (χ2n) is 5.85. The lowest BCUT2D eigenvalue weighted by Gasteiger charge is -2.19. The van der Waals surface area contributed by atoms with Crippen molar-refractivity contribution >= 4 is 17.2 Å². The molecule has 0 bridgehead atoms. The van der Waals surface area contributed by atoms with Gasteiger partial charge < -0.3 is 15.2 Å². The van der Waals surface area contributed by atoms with Gasteiger partial charge in [0.05, 0.1) is 17.0 Å². The summed E-state index contributed by atoms with van der Waals surface area (Å²) in [7, 11) is 0. The normalized spacial score (nSPS) is 13.0. The van der Waals surface area contributed by atoms with E-state index in [9.17, 15) is 4.79 Å². The number of thiophene rings is 1. The fourth-order valence-corrected chi connectivity index (χ4v) is 3.70. The summed E-state index contributed by atoms with van der Waals surface area (Å²) >= 11 is 1.66. The Morgan fingerprint density at radius 1 is 1.23 bits per heavy atom. The molecule has 3 heterocycles. The minimum atomic E-state index is -0.462. The van der Waals surface area contributed by atoms with E-state index in [4.69, 9.17) is 15.2 Å². The number of carbonyl (C=O) groups excluding carboxylic acids is 1. The van der Waals surface area contributed by atoms with Crippen LogP contribution in [-0.2, 0) is 17.6 Å². The molecule has 4 rings (SSSR count). The Bertz CT molecular complexity index is 963. The largest absolute Gasteiger partial charge is 0.486 e. The molecule has 0 unspecified atom stereocenters. The molecule has 26 heavy (non-hydrogen) atoms. The van der Waals surface area contributed by atoms with Gasteiger partial charge in [0.15, 0.2) is 23.1 Å². The summed E-state index contributed by atoms with van der Waals surface area (Å²) in [5.74, 6) is 2.00. The van der Waals surface area contributed by atoms with Crippen molar-refractivity contribution in [2.45, 2.75) is 19.8 Å². The first kappa shape index (κ1) is 16.6. The highest BCUT2D eigenvalue weighted by molar-refractivity contribution is 7.15. The number of amides is 1. The number of aryl methyl sites for hydroxylation is 1. The molecular weight excluding hydrogens is 352 g/mol. The zero-order chi connectivity index (χ0) is 18.1. The van der Waals surface area contributed by atoms with Crippen molar-refractivity contribution in [3.05, 3.63) is 41.0 Å². The fourth-order valence-electron chi connectivity index (χ4n) is 2.78. The first-order chi connectivity index (χ1) is 12.6. The van der Waals surface area contributed by atoms with Crippen LogP contribution in [0.25, 0.3) is 16.4 Å². The average Bonchev–Trinajstić information content (AvgIpc) is 3.27. The third-order valence-corrected chi connectivity index (χ3v) is 5.21. The van der Waals surface area contributed by atoms with Crippen molar-refractivity contribution in [1.82, 2.24) is 14.8 Å². The van der Waals surface area contributed by atoms with Crippen LogP contribution in [0.15, 0.2) is 30.3 Å². The molecule has 0 radical (unpaired) electrons. The predicted octanol–water partition coefficient (Wildman–Crippen LogP) is 2.36. The third-order valence-electron chi connectivity index (χ3n) is 3.98. The molecule has 0 spiro atoms. The number of carbonyl (C=O) groups is 1. The Hall–Kier alpha value is -2.87. The number of primary amides is 1. The van der Waals surface area contributed by atoms with E-state index in [1.54, 1.807) is 16.0 Å². The molecule has 7 nitrogen and oxygen atoms in total. The molecule has 2 N–H and O–H groups in total. The second kappa shape index (κ2) is 6.80. The van der Waals surface area contributed by atoms with E-state index in [-0.39, 0.29) is 6.42 Å². The number of aromatic nitrogens is 3. The number of nitrogens with two attached hydrogens (primary N) is 1. The lowest BCUT2D eigenvalue weighted by molar-refractivity contribution is -0.117. The number of hydrogen-bond donors (Lipinski definition) is 1. The first-order valence-electron chi connectivity index (χ1n) is 8.37. The van der Waals surface area contributed by atoms with Crippen LogP contribution in [0.1, 0.15) is 17.6 Å². The summed E-state index contributed by atoms with van der Waals surface area (Å²) in [4.78, 5) is 18.1. The second-order valence-corrected chi connectivity index (χ2v) is 7.02. The van der Waals surface area contributed by atoms with Crippen LogP contribution in [0.5, 0.6) is 11.5 Å². The quantitative estimate of drug-likeness (QED) is 0.744. The molecule has 2 aromatic heterocycles. The highest BCUT2D eigenvalue weighted by atomic mass is 32.1. The van der Waals surface area contributed by atoms with E-state index in [2.05, 4.69) is 23.1 Å². The van der Waals surface area contributed by atoms with Crippen molar-refractivity contribution in [3.8, 4) is 27.9 Å². The van der Waals surface area contributed by atoms with Gasteiger partial charge in [0.1, 0.15) is 13.2 Å². The van der Waals surface area contributed by atoms with Crippen LogP contribution >= 0.6 is 11.3 Å². The molecule has 0 saturated heterocycles. The minimum absolute atomic E-state index is 0.00341. The third kappa shape index (κ3) is 3.15. The molecular formula is C18H18N4O3S. The Labute approximate surface area is 154 Å². The van der Waals surface area contributed by atoms with Crippen molar-refractivity contribution in [2.75, 3.05) is 13.2 Å². The van der Waals surface area contributed by atoms with Crippen LogP contribution in [0.4, 0.5) is 0 Å². The Morgan fingerprint density at radius 3 is 2.77 bits per heavy atom. The zero-order valence-electron chi connectivity index (χ0n) is 14.3. The van der Waals surface area contributed by atoms with E-state index in [1.807, 2.05) is 24.3 Å². The van der Waals surface area contributed by atoms with Gasteiger partial charge in [0, 0.05) is 10.9 Å². The molecule has 134 valence electrons. The van der Waals surface area contributed by atoms with Gasteiger partial charge in [-0.3, -0.25) is 4.79 Å². The predicted molar refractivity (Wildman–Crippen MR) is 97.9 cm³/mol. The lowest BCUT2D eigenvalue weighted by Crippen LogP contribution is -2.16. The first-order valence-corrected chi connectivity index (χ1v) is 9.19. The average molecular weight is 370 g/mol. The number of rotatable bonds is 5. The van der Waals surface area contributed by atoms with Crippen LogP contribution in [0.2, 0.25) is 0 Å². The van der Waals surface area contributed by atoms with Gasteiger partial charge in [-0.1, -0.05) is 6.92 Å². The van der Waals surface area contributed by atoms with E-state index in [0.29, 0.717) is 36.4 Å². The smallest absolute Gasteiger partial charge is 0.225 e. The van der Waals surface area contributed by atoms with E-state index in [1.165, 1.54) is 4.88 Å². The molecule has 3 aromatic rings. The highest BCUT2D eigenvalue weighted by Gasteiger charge is 2.19. The minimum Gasteiger partial charge on any atom is -0.486 e. The molecule has 0 fully saturated rings. The van der Waals surface area contributed by atoms with Crippen molar-refractivity contribution in [1.29, 1.82) is 0 Å². The molecule has 1 aliphatic rings. The molecule has 1 aromatic carbocycles. The maximum absolute atomic E-state index is 11.3. The summed E-state index contributed by atoms with van der Waals surface area (Å²) in [6.45, 7) is 3.16. The SMILES string of the molecule is CCc1ccc(-c2nc(CC(N)=O)nn2-c2ccc3c(c2)OCCO3)s1. The number of nitrogens with zero attached hydrogens (tertiary/aromatic N) is 3. The van der Waals surface area contributed by atoms with Crippen molar-refractivity contribution in [2.24, 2.45) is 5.73 Å². The number of hydrogen-bond acceptors (Lipinski definition) is 6. The number of benzene rings is 1. The zero-order valence-corrected chi connectivity index (χ0v) is 15.1. The van der Waals surface area contributed by atoms with Gasteiger partial charge >= 0.3 is 0 Å². The van der Waals surface area contributed by atoms with E-state index < -0.39 is 5.91 Å². The van der Waals surface area contributed by atoms with Gasteiger partial charge in [-0.05, 0) is 30.7 Å². The van der Waals surface area contributed by atoms with Crippen LogP contribution in [0.3, 0.4) is 0 Å². The summed E-state index contributed by atoms with van der Waals surface area (Å²) in [5.41, 5.74) is 6.11. The number of fused-ring (bicyclic) bond motifs is 1. The lowest BCUT2D eigenvalue weighted by atomic mass is 10.2. The molecule has 8 heteroatoms. The van der Waals surface area contributed by atoms with Gasteiger partial charge in [-0.25, -0.2) is 9.67 Å².